The third-order valence-electron chi connectivity index (χ3n) is 3.07. The van der Waals surface area contributed by atoms with Gasteiger partial charge in [0.1, 0.15) is 0 Å². The number of hydrogen-bond acceptors (Lipinski definition) is 4. The number of nitrogens with two attached hydrogens (primary N) is 1. The molecule has 6 heteroatoms. The minimum Gasteiger partial charge on any atom is -0.479 e. The van der Waals surface area contributed by atoms with E-state index in [2.05, 4.69) is 5.32 Å². The molecule has 0 radical (unpaired) electrons. The number of aliphatic carboxylic acids is 1. The van der Waals surface area contributed by atoms with Gasteiger partial charge in [0.05, 0.1) is 12.1 Å². The smallest absolute Gasteiger partial charge is 0.331 e. The van der Waals surface area contributed by atoms with E-state index in [0.717, 1.165) is 6.42 Å². The van der Waals surface area contributed by atoms with Crippen LogP contribution in [0.2, 0.25) is 0 Å². The monoisotopic (exact) mass is 244 g/mol. The molecule has 2 unspecified atom stereocenters. The van der Waals surface area contributed by atoms with Crippen molar-refractivity contribution < 1.29 is 19.4 Å². The van der Waals surface area contributed by atoms with Crippen LogP contribution in [0.3, 0.4) is 0 Å². The molecule has 1 fully saturated rings. The van der Waals surface area contributed by atoms with E-state index < -0.39 is 23.0 Å². The summed E-state index contributed by atoms with van der Waals surface area (Å²) < 4.78 is 5.06. The molecule has 0 aromatic heterocycles. The predicted octanol–water partition coefficient (Wildman–Crippen LogP) is -0.136. The van der Waals surface area contributed by atoms with Gasteiger partial charge < -0.3 is 20.9 Å². The third-order valence-corrected chi connectivity index (χ3v) is 3.07. The first-order chi connectivity index (χ1) is 7.84. The largest absolute Gasteiger partial charge is 0.479 e. The maximum absolute atomic E-state index is 12.0. The standard InChI is InChI=1S/C11H20N2O4/c1-3-4-10(2,12)8(14)13-11(9(15)16)5-6-17-7-11/h3-7,12H2,1-2H3,(H,13,14)(H,15,16). The van der Waals surface area contributed by atoms with Crippen LogP contribution >= 0.6 is 0 Å². The van der Waals surface area contributed by atoms with Crippen LogP contribution in [0.4, 0.5) is 0 Å². The second-order valence-corrected chi connectivity index (χ2v) is 4.81. The topological polar surface area (TPSA) is 102 Å². The van der Waals surface area contributed by atoms with Gasteiger partial charge in [-0.15, -0.1) is 0 Å². The minimum absolute atomic E-state index is 0.00369. The highest BCUT2D eigenvalue weighted by Gasteiger charge is 2.46. The first-order valence-electron chi connectivity index (χ1n) is 5.77. The van der Waals surface area contributed by atoms with Crippen LogP contribution in [-0.2, 0) is 14.3 Å². The third kappa shape index (κ3) is 2.95. The first kappa shape index (κ1) is 13.9. The molecule has 0 aromatic rings. The first-order valence-corrected chi connectivity index (χ1v) is 5.77. The average Bonchev–Trinajstić information content (AvgIpc) is 2.67. The lowest BCUT2D eigenvalue weighted by atomic mass is 9.92. The van der Waals surface area contributed by atoms with E-state index in [1.807, 2.05) is 6.92 Å². The van der Waals surface area contributed by atoms with Crippen LogP contribution in [0, 0.1) is 0 Å². The molecule has 98 valence electrons. The second-order valence-electron chi connectivity index (χ2n) is 4.81. The summed E-state index contributed by atoms with van der Waals surface area (Å²) in [6.45, 7) is 3.86. The number of carboxylic acids is 1. The van der Waals surface area contributed by atoms with Crippen molar-refractivity contribution in [2.45, 2.75) is 44.2 Å². The Morgan fingerprint density at radius 2 is 2.24 bits per heavy atom. The normalized spacial score (nSPS) is 27.5. The Kier molecular flexibility index (Phi) is 4.11. The number of nitrogens with one attached hydrogen (secondary N) is 1. The van der Waals surface area contributed by atoms with Crippen LogP contribution in [0.25, 0.3) is 0 Å². The van der Waals surface area contributed by atoms with Crippen molar-refractivity contribution in [3.05, 3.63) is 0 Å². The summed E-state index contributed by atoms with van der Waals surface area (Å²) in [6, 6.07) is 0. The maximum Gasteiger partial charge on any atom is 0.331 e. The molecule has 1 heterocycles. The Morgan fingerprint density at radius 1 is 1.59 bits per heavy atom. The Balaban J connectivity index is 2.75. The zero-order valence-electron chi connectivity index (χ0n) is 10.3. The molecule has 1 rings (SSSR count). The van der Waals surface area contributed by atoms with Gasteiger partial charge in [0.15, 0.2) is 5.54 Å². The fourth-order valence-electron chi connectivity index (χ4n) is 1.88. The highest BCUT2D eigenvalue weighted by atomic mass is 16.5. The summed E-state index contributed by atoms with van der Waals surface area (Å²) in [5.41, 5.74) is 3.51. The van der Waals surface area contributed by atoms with Gasteiger partial charge >= 0.3 is 5.97 Å². The number of ether oxygens (including phenoxy) is 1. The van der Waals surface area contributed by atoms with Crippen LogP contribution in [0.15, 0.2) is 0 Å². The van der Waals surface area contributed by atoms with Crippen molar-refractivity contribution in [3.8, 4) is 0 Å². The molecule has 0 saturated carbocycles. The molecule has 0 spiro atoms. The summed E-state index contributed by atoms with van der Waals surface area (Å²) in [5, 5.41) is 11.7. The van der Waals surface area contributed by atoms with E-state index in [-0.39, 0.29) is 13.0 Å². The van der Waals surface area contributed by atoms with Crippen LogP contribution in [0.5, 0.6) is 0 Å². The number of carboxylic acid groups (broad SMARTS) is 1. The molecule has 0 aliphatic carbocycles. The molecule has 4 N–H and O–H groups in total. The van der Waals surface area contributed by atoms with Gasteiger partial charge in [-0.05, 0) is 13.3 Å². The lowest BCUT2D eigenvalue weighted by molar-refractivity contribution is -0.148. The lowest BCUT2D eigenvalue weighted by Crippen LogP contribution is -2.62. The highest BCUT2D eigenvalue weighted by molar-refractivity contribution is 5.92. The summed E-state index contributed by atoms with van der Waals surface area (Å²) in [5.74, 6) is -1.51. The van der Waals surface area contributed by atoms with Crippen molar-refractivity contribution in [3.63, 3.8) is 0 Å². The van der Waals surface area contributed by atoms with Crippen LogP contribution in [-0.4, -0.2) is 41.3 Å². The Morgan fingerprint density at radius 3 is 2.65 bits per heavy atom. The molecule has 1 amide bonds. The zero-order chi connectivity index (χ0) is 13.1. The predicted molar refractivity (Wildman–Crippen MR) is 61.4 cm³/mol. The maximum atomic E-state index is 12.0. The van der Waals surface area contributed by atoms with E-state index in [0.29, 0.717) is 13.0 Å². The zero-order valence-corrected chi connectivity index (χ0v) is 10.3. The average molecular weight is 244 g/mol. The van der Waals surface area contributed by atoms with Crippen molar-refractivity contribution in [1.82, 2.24) is 5.32 Å². The van der Waals surface area contributed by atoms with Crippen LogP contribution in [0.1, 0.15) is 33.1 Å². The van der Waals surface area contributed by atoms with Gasteiger partial charge in [0.25, 0.3) is 0 Å². The van der Waals surface area contributed by atoms with E-state index in [1.165, 1.54) is 0 Å². The SMILES string of the molecule is CCCC(C)(N)C(=O)NC1(C(=O)O)CCOC1. The van der Waals surface area contributed by atoms with Crippen molar-refractivity contribution in [2.75, 3.05) is 13.2 Å². The number of carbonyl (C=O) groups excluding carboxylic acids is 1. The molecular formula is C11H20N2O4. The molecule has 17 heavy (non-hydrogen) atoms. The molecule has 6 nitrogen and oxygen atoms in total. The molecule has 1 aliphatic rings. The summed E-state index contributed by atoms with van der Waals surface area (Å²) >= 11 is 0. The molecule has 0 bridgehead atoms. The van der Waals surface area contributed by atoms with Crippen molar-refractivity contribution in [1.29, 1.82) is 0 Å². The fourth-order valence-corrected chi connectivity index (χ4v) is 1.88. The molecule has 2 atom stereocenters. The highest BCUT2D eigenvalue weighted by Crippen LogP contribution is 2.20. The molecular weight excluding hydrogens is 224 g/mol. The van der Waals surface area contributed by atoms with Gasteiger partial charge in [0.2, 0.25) is 5.91 Å². The Hall–Kier alpha value is -1.14. The van der Waals surface area contributed by atoms with Gasteiger partial charge in [-0.3, -0.25) is 4.79 Å². The van der Waals surface area contributed by atoms with E-state index in [4.69, 9.17) is 10.5 Å². The number of hydrogen-bond donors (Lipinski definition) is 3. The van der Waals surface area contributed by atoms with Crippen molar-refractivity contribution in [2.24, 2.45) is 5.73 Å². The summed E-state index contributed by atoms with van der Waals surface area (Å²) in [4.78, 5) is 23.2. The van der Waals surface area contributed by atoms with Crippen molar-refractivity contribution >= 4 is 11.9 Å². The summed E-state index contributed by atoms with van der Waals surface area (Å²) in [7, 11) is 0. The second kappa shape index (κ2) is 5.01. The summed E-state index contributed by atoms with van der Waals surface area (Å²) in [6.07, 6.45) is 1.54. The van der Waals surface area contributed by atoms with Gasteiger partial charge in [0, 0.05) is 13.0 Å². The van der Waals surface area contributed by atoms with Gasteiger partial charge in [-0.1, -0.05) is 13.3 Å². The van der Waals surface area contributed by atoms with Gasteiger partial charge in [-0.25, -0.2) is 4.79 Å². The Labute approximate surface area is 101 Å². The van der Waals surface area contributed by atoms with E-state index in [9.17, 15) is 14.7 Å². The molecule has 1 saturated heterocycles. The number of rotatable bonds is 5. The number of carbonyl (C=O) groups is 2. The van der Waals surface area contributed by atoms with Gasteiger partial charge in [-0.2, -0.15) is 0 Å². The lowest BCUT2D eigenvalue weighted by Gasteiger charge is -2.30. The van der Waals surface area contributed by atoms with E-state index in [1.54, 1.807) is 6.92 Å². The van der Waals surface area contributed by atoms with E-state index >= 15 is 0 Å². The molecule has 1 aliphatic heterocycles. The van der Waals surface area contributed by atoms with Crippen LogP contribution < -0.4 is 11.1 Å². The quantitative estimate of drug-likeness (QED) is 0.625. The Bertz CT molecular complexity index is 309. The minimum atomic E-state index is -1.31. The molecule has 0 aromatic carbocycles. The number of amides is 1. The fraction of sp³-hybridized carbons (Fsp3) is 0.818.